The van der Waals surface area contributed by atoms with E-state index < -0.39 is 0 Å². The molecule has 0 unspecified atom stereocenters. The fraction of sp³-hybridized carbons (Fsp3) is 0.400. The van der Waals surface area contributed by atoms with E-state index in [-0.39, 0.29) is 0 Å². The Balaban J connectivity index is 0.000000671. The summed E-state index contributed by atoms with van der Waals surface area (Å²) in [7, 11) is 1.64. The molecule has 0 saturated carbocycles. The van der Waals surface area contributed by atoms with Gasteiger partial charge in [-0.1, -0.05) is 25.4 Å². The van der Waals surface area contributed by atoms with Crippen molar-refractivity contribution in [2.45, 2.75) is 20.8 Å². The van der Waals surface area contributed by atoms with Gasteiger partial charge in [0.1, 0.15) is 5.75 Å². The van der Waals surface area contributed by atoms with Gasteiger partial charge < -0.3 is 4.74 Å². The van der Waals surface area contributed by atoms with Crippen LogP contribution >= 0.6 is 27.5 Å². The van der Waals surface area contributed by atoms with Crippen LogP contribution in [0.5, 0.6) is 5.75 Å². The molecule has 1 rings (SSSR count). The predicted molar refractivity (Wildman–Crippen MR) is 61.8 cm³/mol. The molecule has 0 aliphatic carbocycles. The normalized spacial score (nSPS) is 8.77. The number of hydrogen-bond donors (Lipinski definition) is 0. The van der Waals surface area contributed by atoms with Crippen molar-refractivity contribution in [1.82, 2.24) is 0 Å². The molecule has 0 aliphatic heterocycles. The maximum atomic E-state index is 5.84. The SMILES string of the molecule is CC.COc1cc(Br)c(Cl)cc1C. The van der Waals surface area contributed by atoms with Crippen LogP contribution in [0.4, 0.5) is 0 Å². The monoisotopic (exact) mass is 264 g/mol. The molecule has 0 spiro atoms. The highest BCUT2D eigenvalue weighted by molar-refractivity contribution is 9.10. The van der Waals surface area contributed by atoms with Crippen LogP contribution in [0, 0.1) is 6.92 Å². The van der Waals surface area contributed by atoms with E-state index in [4.69, 9.17) is 16.3 Å². The molecule has 1 aromatic rings. The molecular formula is C10H14BrClO. The predicted octanol–water partition coefficient (Wildman–Crippen LogP) is 4.45. The first-order valence-electron chi connectivity index (χ1n) is 4.15. The van der Waals surface area contributed by atoms with Crippen LogP contribution < -0.4 is 4.74 Å². The largest absolute Gasteiger partial charge is 0.496 e. The minimum Gasteiger partial charge on any atom is -0.496 e. The summed E-state index contributed by atoms with van der Waals surface area (Å²) >= 11 is 9.15. The van der Waals surface area contributed by atoms with Gasteiger partial charge in [0.15, 0.2) is 0 Å². The summed E-state index contributed by atoms with van der Waals surface area (Å²) in [6.45, 7) is 5.96. The second-order valence-electron chi connectivity index (χ2n) is 2.24. The van der Waals surface area contributed by atoms with E-state index in [0.29, 0.717) is 5.02 Å². The Morgan fingerprint density at radius 1 is 1.31 bits per heavy atom. The molecule has 0 N–H and O–H groups in total. The van der Waals surface area contributed by atoms with Gasteiger partial charge in [-0.15, -0.1) is 0 Å². The lowest BCUT2D eigenvalue weighted by Crippen LogP contribution is -1.86. The van der Waals surface area contributed by atoms with Crippen molar-refractivity contribution in [2.24, 2.45) is 0 Å². The number of benzene rings is 1. The Morgan fingerprint density at radius 2 is 1.85 bits per heavy atom. The lowest BCUT2D eigenvalue weighted by atomic mass is 10.2. The van der Waals surface area contributed by atoms with Gasteiger partial charge in [0.2, 0.25) is 0 Å². The van der Waals surface area contributed by atoms with Crippen LogP contribution in [0.15, 0.2) is 16.6 Å². The summed E-state index contributed by atoms with van der Waals surface area (Å²) in [5.41, 5.74) is 1.04. The molecule has 1 nitrogen and oxygen atoms in total. The third-order valence-corrected chi connectivity index (χ3v) is 2.63. The van der Waals surface area contributed by atoms with E-state index in [9.17, 15) is 0 Å². The molecule has 0 aromatic heterocycles. The smallest absolute Gasteiger partial charge is 0.122 e. The molecule has 0 radical (unpaired) electrons. The summed E-state index contributed by atoms with van der Waals surface area (Å²) in [6, 6.07) is 3.72. The number of ether oxygens (including phenoxy) is 1. The van der Waals surface area contributed by atoms with Crippen molar-refractivity contribution in [2.75, 3.05) is 7.11 Å². The van der Waals surface area contributed by atoms with Crippen molar-refractivity contribution in [3.8, 4) is 5.75 Å². The molecule has 74 valence electrons. The highest BCUT2D eigenvalue weighted by Crippen LogP contribution is 2.29. The number of halogens is 2. The van der Waals surface area contributed by atoms with Gasteiger partial charge in [-0.05, 0) is 40.5 Å². The van der Waals surface area contributed by atoms with Crippen LogP contribution in [0.25, 0.3) is 0 Å². The van der Waals surface area contributed by atoms with Crippen molar-refractivity contribution in [3.63, 3.8) is 0 Å². The summed E-state index contributed by atoms with van der Waals surface area (Å²) in [5, 5.41) is 0.711. The Morgan fingerprint density at radius 3 is 2.31 bits per heavy atom. The summed E-state index contributed by atoms with van der Waals surface area (Å²) in [6.07, 6.45) is 0. The topological polar surface area (TPSA) is 9.23 Å². The maximum absolute atomic E-state index is 5.84. The lowest BCUT2D eigenvalue weighted by molar-refractivity contribution is 0.411. The van der Waals surface area contributed by atoms with E-state index in [0.717, 1.165) is 15.8 Å². The van der Waals surface area contributed by atoms with E-state index >= 15 is 0 Å². The average molecular weight is 266 g/mol. The first-order chi connectivity index (χ1) is 6.15. The molecule has 0 amide bonds. The number of aryl methyl sites for hydroxylation is 1. The van der Waals surface area contributed by atoms with E-state index in [1.807, 2.05) is 32.9 Å². The molecule has 0 fully saturated rings. The number of rotatable bonds is 1. The third-order valence-electron chi connectivity index (χ3n) is 1.44. The molecule has 0 bridgehead atoms. The van der Waals surface area contributed by atoms with Gasteiger partial charge in [-0.3, -0.25) is 0 Å². The maximum Gasteiger partial charge on any atom is 0.122 e. The Kier molecular flexibility index (Phi) is 6.17. The lowest BCUT2D eigenvalue weighted by Gasteiger charge is -2.05. The van der Waals surface area contributed by atoms with Crippen LogP contribution in [0.1, 0.15) is 19.4 Å². The first-order valence-corrected chi connectivity index (χ1v) is 5.32. The molecule has 0 aliphatic rings. The van der Waals surface area contributed by atoms with E-state index in [1.54, 1.807) is 7.11 Å². The summed E-state index contributed by atoms with van der Waals surface area (Å²) < 4.78 is 5.95. The molecule has 3 heteroatoms. The highest BCUT2D eigenvalue weighted by atomic mass is 79.9. The molecule has 0 saturated heterocycles. The summed E-state index contributed by atoms with van der Waals surface area (Å²) in [4.78, 5) is 0. The van der Waals surface area contributed by atoms with Crippen LogP contribution in [0.2, 0.25) is 5.02 Å². The van der Waals surface area contributed by atoms with Crippen LogP contribution in [-0.2, 0) is 0 Å². The van der Waals surface area contributed by atoms with Crippen molar-refractivity contribution < 1.29 is 4.74 Å². The Labute approximate surface area is 93.2 Å². The zero-order valence-corrected chi connectivity index (χ0v) is 10.7. The second kappa shape index (κ2) is 6.28. The van der Waals surface area contributed by atoms with E-state index in [1.165, 1.54) is 0 Å². The zero-order valence-electron chi connectivity index (χ0n) is 8.32. The fourth-order valence-corrected chi connectivity index (χ4v) is 1.39. The zero-order chi connectivity index (χ0) is 10.4. The third kappa shape index (κ3) is 3.57. The minimum atomic E-state index is 0.711. The highest BCUT2D eigenvalue weighted by Gasteiger charge is 2.02. The Hall–Kier alpha value is -0.210. The van der Waals surface area contributed by atoms with E-state index in [2.05, 4.69) is 15.9 Å². The molecule has 1 aromatic carbocycles. The van der Waals surface area contributed by atoms with Crippen LogP contribution in [0.3, 0.4) is 0 Å². The van der Waals surface area contributed by atoms with Gasteiger partial charge in [-0.25, -0.2) is 0 Å². The van der Waals surface area contributed by atoms with Crippen molar-refractivity contribution >= 4 is 27.5 Å². The fourth-order valence-electron chi connectivity index (χ4n) is 0.848. The van der Waals surface area contributed by atoms with Crippen molar-refractivity contribution in [1.29, 1.82) is 0 Å². The van der Waals surface area contributed by atoms with Crippen LogP contribution in [-0.4, -0.2) is 7.11 Å². The van der Waals surface area contributed by atoms with Gasteiger partial charge >= 0.3 is 0 Å². The number of methoxy groups -OCH3 is 1. The van der Waals surface area contributed by atoms with Gasteiger partial charge in [0, 0.05) is 4.47 Å². The van der Waals surface area contributed by atoms with Crippen molar-refractivity contribution in [3.05, 3.63) is 27.2 Å². The summed E-state index contributed by atoms with van der Waals surface area (Å²) in [5.74, 6) is 0.848. The molecular weight excluding hydrogens is 251 g/mol. The molecule has 0 heterocycles. The second-order valence-corrected chi connectivity index (χ2v) is 3.50. The first kappa shape index (κ1) is 12.8. The Bertz CT molecular complexity index is 274. The average Bonchev–Trinajstić information content (AvgIpc) is 2.15. The van der Waals surface area contributed by atoms with Gasteiger partial charge in [0.25, 0.3) is 0 Å². The van der Waals surface area contributed by atoms with Gasteiger partial charge in [-0.2, -0.15) is 0 Å². The minimum absolute atomic E-state index is 0.711. The number of hydrogen-bond acceptors (Lipinski definition) is 1. The van der Waals surface area contributed by atoms with Gasteiger partial charge in [0.05, 0.1) is 12.1 Å². The molecule has 0 atom stereocenters. The quantitative estimate of drug-likeness (QED) is 0.729. The standard InChI is InChI=1S/C8H8BrClO.C2H6/c1-5-3-7(10)6(9)4-8(5)11-2;1-2/h3-4H,1-2H3;1-2H3. The molecule has 13 heavy (non-hydrogen) atoms.